The first kappa shape index (κ1) is 23.1. The van der Waals surface area contributed by atoms with Crippen molar-refractivity contribution >= 4 is 40.1 Å². The average Bonchev–Trinajstić information content (AvgIpc) is 3.43. The third-order valence-corrected chi connectivity index (χ3v) is 6.13. The molecule has 176 valence electrons. The summed E-state index contributed by atoms with van der Waals surface area (Å²) >= 11 is 1.30. The van der Waals surface area contributed by atoms with Crippen LogP contribution in [0.3, 0.4) is 0 Å². The number of hydrogen-bond acceptors (Lipinski definition) is 8. The van der Waals surface area contributed by atoms with Crippen molar-refractivity contribution in [2.45, 2.75) is 26.5 Å². The summed E-state index contributed by atoms with van der Waals surface area (Å²) in [6.07, 6.45) is 1.43. The number of esters is 1. The number of aryl methyl sites for hydroxylation is 2. The number of carbonyl (C=O) groups excluding carboxylic acids is 2. The summed E-state index contributed by atoms with van der Waals surface area (Å²) in [4.78, 5) is 57.6. The number of rotatable bonds is 7. The van der Waals surface area contributed by atoms with Crippen LogP contribution in [0.2, 0.25) is 0 Å². The summed E-state index contributed by atoms with van der Waals surface area (Å²) in [6, 6.07) is 7.50. The molecular weight excluding hydrogens is 460 g/mol. The Morgan fingerprint density at radius 2 is 1.91 bits per heavy atom. The van der Waals surface area contributed by atoms with E-state index in [4.69, 9.17) is 4.74 Å². The molecule has 0 fully saturated rings. The van der Waals surface area contributed by atoms with Crippen LogP contribution in [-0.2, 0) is 48.0 Å². The largest absolute Gasteiger partial charge is 0.458 e. The van der Waals surface area contributed by atoms with Crippen LogP contribution in [0.1, 0.15) is 16.3 Å². The molecule has 0 spiro atoms. The summed E-state index contributed by atoms with van der Waals surface area (Å²) in [6.45, 7) is 1.59. The van der Waals surface area contributed by atoms with Crippen LogP contribution >= 0.6 is 11.3 Å². The highest BCUT2D eigenvalue weighted by atomic mass is 32.1. The number of thiazole rings is 1. The van der Waals surface area contributed by atoms with Gasteiger partial charge in [-0.15, -0.1) is 11.3 Å². The lowest BCUT2D eigenvalue weighted by atomic mass is 10.2. The Balaban J connectivity index is 1.36. The molecule has 4 aromatic rings. The number of ether oxygens (including phenoxy) is 1. The predicted octanol–water partition coefficient (Wildman–Crippen LogP) is 1.12. The van der Waals surface area contributed by atoms with Crippen molar-refractivity contribution < 1.29 is 14.3 Å². The van der Waals surface area contributed by atoms with E-state index in [9.17, 15) is 19.2 Å². The van der Waals surface area contributed by atoms with Crippen LogP contribution < -0.4 is 16.6 Å². The molecule has 1 amide bonds. The number of fused-ring (bicyclic) bond motifs is 1. The van der Waals surface area contributed by atoms with Crippen LogP contribution in [0.15, 0.2) is 45.6 Å². The highest BCUT2D eigenvalue weighted by Crippen LogP contribution is 2.16. The zero-order valence-electron chi connectivity index (χ0n) is 18.8. The van der Waals surface area contributed by atoms with Gasteiger partial charge in [-0.05, 0) is 18.6 Å². The third kappa shape index (κ3) is 4.66. The molecule has 3 heterocycles. The number of nitrogens with one attached hydrogen (secondary N) is 1. The molecule has 0 aliphatic carbocycles. The Kier molecular flexibility index (Phi) is 6.41. The molecule has 12 heteroatoms. The van der Waals surface area contributed by atoms with Crippen molar-refractivity contribution in [3.8, 4) is 0 Å². The Morgan fingerprint density at radius 3 is 2.68 bits per heavy atom. The zero-order chi connectivity index (χ0) is 24.4. The van der Waals surface area contributed by atoms with Crippen LogP contribution in [0, 0.1) is 6.92 Å². The first-order chi connectivity index (χ1) is 16.2. The predicted molar refractivity (Wildman–Crippen MR) is 126 cm³/mol. The summed E-state index contributed by atoms with van der Waals surface area (Å²) in [7, 11) is 2.86. The van der Waals surface area contributed by atoms with Gasteiger partial charge in [0.25, 0.3) is 5.56 Å². The molecule has 1 aromatic carbocycles. The number of aromatic nitrogens is 5. The van der Waals surface area contributed by atoms with Gasteiger partial charge in [-0.1, -0.05) is 18.2 Å². The summed E-state index contributed by atoms with van der Waals surface area (Å²) < 4.78 is 8.83. The van der Waals surface area contributed by atoms with E-state index in [-0.39, 0.29) is 36.6 Å². The normalized spacial score (nSPS) is 11.0. The number of benzene rings is 1. The summed E-state index contributed by atoms with van der Waals surface area (Å²) in [5.41, 5.74) is 1.51. The fourth-order valence-corrected chi connectivity index (χ4v) is 4.17. The lowest BCUT2D eigenvalue weighted by Gasteiger charge is -2.07. The van der Waals surface area contributed by atoms with Gasteiger partial charge in [0.05, 0.1) is 18.4 Å². The molecule has 34 heavy (non-hydrogen) atoms. The number of imidazole rings is 1. The molecule has 0 saturated heterocycles. The third-order valence-electron chi connectivity index (χ3n) is 5.23. The van der Waals surface area contributed by atoms with E-state index in [0.717, 1.165) is 15.8 Å². The number of para-hydroxylation sites is 1. The minimum atomic E-state index is -0.595. The Morgan fingerprint density at radius 1 is 1.15 bits per heavy atom. The van der Waals surface area contributed by atoms with E-state index in [0.29, 0.717) is 10.7 Å². The monoisotopic (exact) mass is 482 g/mol. The second-order valence-corrected chi connectivity index (χ2v) is 8.63. The molecule has 3 aromatic heterocycles. The van der Waals surface area contributed by atoms with Crippen molar-refractivity contribution in [2.24, 2.45) is 14.1 Å². The highest BCUT2D eigenvalue weighted by molar-refractivity contribution is 7.09. The molecule has 0 saturated carbocycles. The quantitative estimate of drug-likeness (QED) is 0.391. The van der Waals surface area contributed by atoms with Gasteiger partial charge in [-0.25, -0.2) is 14.8 Å². The second-order valence-electron chi connectivity index (χ2n) is 7.68. The molecule has 1 N–H and O–H groups in total. The van der Waals surface area contributed by atoms with Crippen LogP contribution in [-0.4, -0.2) is 35.5 Å². The summed E-state index contributed by atoms with van der Waals surface area (Å²) in [5, 5.41) is 5.18. The number of hydrogen-bond donors (Lipinski definition) is 1. The van der Waals surface area contributed by atoms with Gasteiger partial charge in [0.2, 0.25) is 5.91 Å². The Labute approximate surface area is 197 Å². The van der Waals surface area contributed by atoms with E-state index in [1.165, 1.54) is 40.9 Å². The molecule has 0 atom stereocenters. The van der Waals surface area contributed by atoms with Crippen molar-refractivity contribution in [1.29, 1.82) is 0 Å². The van der Waals surface area contributed by atoms with E-state index < -0.39 is 17.2 Å². The number of amides is 1. The van der Waals surface area contributed by atoms with E-state index in [2.05, 4.69) is 15.3 Å². The van der Waals surface area contributed by atoms with E-state index in [1.807, 2.05) is 31.2 Å². The summed E-state index contributed by atoms with van der Waals surface area (Å²) in [5.74, 6) is -0.780. The van der Waals surface area contributed by atoms with Crippen LogP contribution in [0.25, 0.3) is 11.2 Å². The molecule has 0 bridgehead atoms. The number of nitrogens with zero attached hydrogens (tertiary/aromatic N) is 5. The average molecular weight is 483 g/mol. The van der Waals surface area contributed by atoms with Gasteiger partial charge in [-0.2, -0.15) is 0 Å². The molecule has 11 nitrogen and oxygen atoms in total. The van der Waals surface area contributed by atoms with Gasteiger partial charge in [0.1, 0.15) is 18.2 Å². The van der Waals surface area contributed by atoms with E-state index >= 15 is 0 Å². The second kappa shape index (κ2) is 9.43. The van der Waals surface area contributed by atoms with Gasteiger partial charge in [0, 0.05) is 25.2 Å². The molecule has 0 radical (unpaired) electrons. The maximum absolute atomic E-state index is 12.5. The Bertz CT molecular complexity index is 1510. The minimum Gasteiger partial charge on any atom is -0.458 e. The van der Waals surface area contributed by atoms with Gasteiger partial charge < -0.3 is 14.6 Å². The fraction of sp³-hybridized carbons (Fsp3) is 0.273. The lowest BCUT2D eigenvalue weighted by molar-refractivity contribution is -0.145. The molecule has 4 rings (SSSR count). The molecule has 0 aliphatic rings. The smallest absolute Gasteiger partial charge is 0.332 e. The molecule has 0 aliphatic heterocycles. The maximum atomic E-state index is 12.5. The van der Waals surface area contributed by atoms with Gasteiger partial charge >= 0.3 is 11.7 Å². The van der Waals surface area contributed by atoms with Gasteiger partial charge in [0.15, 0.2) is 11.2 Å². The van der Waals surface area contributed by atoms with Crippen LogP contribution in [0.4, 0.5) is 5.69 Å². The van der Waals surface area contributed by atoms with Gasteiger partial charge in [-0.3, -0.25) is 23.5 Å². The maximum Gasteiger partial charge on any atom is 0.332 e. The Hall–Kier alpha value is -4.06. The zero-order valence-corrected chi connectivity index (χ0v) is 19.6. The number of anilines is 1. The van der Waals surface area contributed by atoms with E-state index in [1.54, 1.807) is 5.38 Å². The first-order valence-corrected chi connectivity index (χ1v) is 11.2. The lowest BCUT2D eigenvalue weighted by Crippen LogP contribution is -2.37. The molecule has 0 unspecified atom stereocenters. The molecular formula is C22H22N6O5S. The van der Waals surface area contributed by atoms with Crippen molar-refractivity contribution in [3.63, 3.8) is 0 Å². The van der Waals surface area contributed by atoms with Crippen molar-refractivity contribution in [2.75, 3.05) is 5.32 Å². The minimum absolute atomic E-state index is 0.0716. The standard InChI is InChI=1S/C22H22N6O5S/c1-13-6-4-5-7-15(13)25-16(29)8-17-24-14(11-34-17)10-33-18(30)9-28-12-23-20-19(28)21(31)27(3)22(32)26(20)2/h4-7,11-12H,8-10H2,1-3H3,(H,25,29). The van der Waals surface area contributed by atoms with Crippen LogP contribution in [0.5, 0.6) is 0 Å². The topological polar surface area (TPSA) is 130 Å². The highest BCUT2D eigenvalue weighted by Gasteiger charge is 2.17. The fourth-order valence-electron chi connectivity index (χ4n) is 3.40. The first-order valence-electron chi connectivity index (χ1n) is 10.3. The SMILES string of the molecule is Cc1ccccc1NC(=O)Cc1nc(COC(=O)Cn2cnc3c2c(=O)n(C)c(=O)n3C)cs1. The number of carbonyl (C=O) groups is 2. The van der Waals surface area contributed by atoms with Crippen molar-refractivity contribution in [1.82, 2.24) is 23.7 Å². The van der Waals surface area contributed by atoms with Crippen molar-refractivity contribution in [3.05, 3.63) is 73.1 Å².